The number of aromatic nitrogens is 5. The van der Waals surface area contributed by atoms with E-state index in [0.29, 0.717) is 29.7 Å². The van der Waals surface area contributed by atoms with Crippen LogP contribution in [0.5, 0.6) is 0 Å². The average molecular weight is 576 g/mol. The van der Waals surface area contributed by atoms with Gasteiger partial charge in [-0.05, 0) is 43.2 Å². The summed E-state index contributed by atoms with van der Waals surface area (Å²) in [7, 11) is 0. The van der Waals surface area contributed by atoms with E-state index in [4.69, 9.17) is 0 Å². The molecule has 212 valence electrons. The molecule has 3 heterocycles. The first-order valence-electron chi connectivity index (χ1n) is 14.1. The molecule has 8 nitrogen and oxygen atoms in total. The maximum absolute atomic E-state index is 14.0. The highest BCUT2D eigenvalue weighted by Gasteiger charge is 2.31. The molecule has 1 aliphatic heterocycles. The van der Waals surface area contributed by atoms with E-state index in [0.717, 1.165) is 35.9 Å². The number of benzene rings is 3. The molecule has 1 saturated heterocycles. The van der Waals surface area contributed by atoms with Crippen molar-refractivity contribution in [3.05, 3.63) is 131 Å². The normalized spacial score (nSPS) is 13.9. The minimum atomic E-state index is -0.0928. The van der Waals surface area contributed by atoms with Crippen LogP contribution in [0.2, 0.25) is 0 Å². The molecule has 0 spiro atoms. The predicted molar refractivity (Wildman–Crippen MR) is 165 cm³/mol. The highest BCUT2D eigenvalue weighted by molar-refractivity contribution is 7.98. The maximum atomic E-state index is 14.0. The Morgan fingerprint density at radius 2 is 1.33 bits per heavy atom. The molecule has 6 rings (SSSR count). The molecule has 0 saturated carbocycles. The van der Waals surface area contributed by atoms with Crippen molar-refractivity contribution in [2.75, 3.05) is 26.2 Å². The molecule has 0 radical (unpaired) electrons. The van der Waals surface area contributed by atoms with E-state index < -0.39 is 0 Å². The van der Waals surface area contributed by atoms with Gasteiger partial charge in [0, 0.05) is 43.3 Å². The van der Waals surface area contributed by atoms with Gasteiger partial charge in [0.2, 0.25) is 0 Å². The van der Waals surface area contributed by atoms with Gasteiger partial charge in [0.15, 0.2) is 10.9 Å². The van der Waals surface area contributed by atoms with E-state index in [9.17, 15) is 4.79 Å². The van der Waals surface area contributed by atoms with Crippen molar-refractivity contribution < 1.29 is 4.79 Å². The number of nitrogens with zero attached hydrogens (tertiary/aromatic N) is 7. The van der Waals surface area contributed by atoms with Gasteiger partial charge in [-0.15, -0.1) is 5.10 Å². The quantitative estimate of drug-likeness (QED) is 0.178. The first kappa shape index (κ1) is 27.8. The molecule has 1 amide bonds. The van der Waals surface area contributed by atoms with Crippen LogP contribution in [-0.2, 0) is 5.75 Å². The Morgan fingerprint density at radius 1 is 0.786 bits per heavy atom. The zero-order valence-corrected chi connectivity index (χ0v) is 24.6. The fraction of sp³-hybridized carbons (Fsp3) is 0.242. The molecule has 1 fully saturated rings. The van der Waals surface area contributed by atoms with Gasteiger partial charge >= 0.3 is 0 Å². The van der Waals surface area contributed by atoms with Crippen molar-refractivity contribution in [3.63, 3.8) is 0 Å². The van der Waals surface area contributed by atoms with Gasteiger partial charge in [-0.3, -0.25) is 9.69 Å². The van der Waals surface area contributed by atoms with E-state index in [1.54, 1.807) is 4.68 Å². The Bertz CT molecular complexity index is 1580. The lowest BCUT2D eigenvalue weighted by atomic mass is 9.96. The number of thioether (sulfide) groups is 1. The van der Waals surface area contributed by atoms with Gasteiger partial charge in [0.25, 0.3) is 5.91 Å². The van der Waals surface area contributed by atoms with Crippen LogP contribution in [-0.4, -0.2) is 66.8 Å². The summed E-state index contributed by atoms with van der Waals surface area (Å²) in [6, 6.07) is 33.1. The fourth-order valence-corrected chi connectivity index (χ4v) is 6.42. The number of carbonyl (C=O) groups excluding carboxylic acids is 1. The number of carbonyl (C=O) groups is 1. The molecule has 1 aliphatic rings. The SMILES string of the molecule is Cc1cc(C)nc(SCc2c(C(=O)N3CCN(C(c4ccccc4)c4ccccc4)CC3)nnn2-c2ccccc2)n1. The predicted octanol–water partition coefficient (Wildman–Crippen LogP) is 5.51. The van der Waals surface area contributed by atoms with Crippen LogP contribution in [0.1, 0.15) is 44.7 Å². The van der Waals surface area contributed by atoms with Crippen LogP contribution >= 0.6 is 11.8 Å². The van der Waals surface area contributed by atoms with Gasteiger partial charge in [-0.25, -0.2) is 14.6 Å². The van der Waals surface area contributed by atoms with E-state index in [-0.39, 0.29) is 11.9 Å². The molecule has 0 aliphatic carbocycles. The number of hydrogen-bond donors (Lipinski definition) is 0. The van der Waals surface area contributed by atoms with Crippen molar-refractivity contribution in [1.29, 1.82) is 0 Å². The summed E-state index contributed by atoms with van der Waals surface area (Å²) in [5.74, 6) is 0.375. The summed E-state index contributed by atoms with van der Waals surface area (Å²) in [6.45, 7) is 6.66. The number of para-hydroxylation sites is 1. The Hall–Kier alpha value is -4.34. The Balaban J connectivity index is 1.23. The minimum Gasteiger partial charge on any atom is -0.335 e. The highest BCUT2D eigenvalue weighted by atomic mass is 32.2. The molecule has 0 bridgehead atoms. The molecule has 0 N–H and O–H groups in total. The van der Waals surface area contributed by atoms with E-state index >= 15 is 0 Å². The monoisotopic (exact) mass is 575 g/mol. The first-order chi connectivity index (χ1) is 20.6. The summed E-state index contributed by atoms with van der Waals surface area (Å²) in [4.78, 5) is 27.5. The summed E-state index contributed by atoms with van der Waals surface area (Å²) in [5.41, 5.74) is 6.32. The summed E-state index contributed by atoms with van der Waals surface area (Å²) >= 11 is 1.49. The van der Waals surface area contributed by atoms with Crippen LogP contribution in [0.4, 0.5) is 0 Å². The fourth-order valence-electron chi connectivity index (χ4n) is 5.48. The van der Waals surface area contributed by atoms with Gasteiger partial charge in [-0.1, -0.05) is 95.8 Å². The van der Waals surface area contributed by atoms with E-state index in [1.165, 1.54) is 22.9 Å². The Morgan fingerprint density at radius 3 is 1.90 bits per heavy atom. The third kappa shape index (κ3) is 6.12. The third-order valence-electron chi connectivity index (χ3n) is 7.46. The zero-order valence-electron chi connectivity index (χ0n) is 23.8. The van der Waals surface area contributed by atoms with Gasteiger partial charge < -0.3 is 4.90 Å². The number of rotatable bonds is 8. The number of hydrogen-bond acceptors (Lipinski definition) is 7. The number of amides is 1. The van der Waals surface area contributed by atoms with Crippen LogP contribution in [0.3, 0.4) is 0 Å². The molecule has 3 aromatic carbocycles. The van der Waals surface area contributed by atoms with Crippen molar-refractivity contribution >= 4 is 17.7 Å². The second kappa shape index (κ2) is 12.7. The molecule has 0 atom stereocenters. The Kier molecular flexibility index (Phi) is 8.39. The minimum absolute atomic E-state index is 0.0928. The van der Waals surface area contributed by atoms with E-state index in [1.807, 2.05) is 67.3 Å². The van der Waals surface area contributed by atoms with Crippen LogP contribution in [0, 0.1) is 13.8 Å². The topological polar surface area (TPSA) is 80.0 Å². The molecule has 42 heavy (non-hydrogen) atoms. The first-order valence-corrected chi connectivity index (χ1v) is 15.1. The van der Waals surface area contributed by atoms with Crippen LogP contribution in [0.15, 0.2) is 102 Å². The number of piperazine rings is 1. The molecular formula is C33H33N7OS. The lowest BCUT2D eigenvalue weighted by Gasteiger charge is -2.39. The zero-order chi connectivity index (χ0) is 28.9. The van der Waals surface area contributed by atoms with Gasteiger partial charge in [-0.2, -0.15) is 0 Å². The van der Waals surface area contributed by atoms with Crippen molar-refractivity contribution in [1.82, 2.24) is 34.8 Å². The largest absolute Gasteiger partial charge is 0.335 e. The molecule has 2 aromatic heterocycles. The average Bonchev–Trinajstić information content (AvgIpc) is 3.45. The molecule has 5 aromatic rings. The summed E-state index contributed by atoms with van der Waals surface area (Å²) in [6.07, 6.45) is 0. The summed E-state index contributed by atoms with van der Waals surface area (Å²) < 4.78 is 1.76. The standard InChI is InChI=1S/C33H33N7OS/c1-24-22-25(2)35-33(34-24)42-23-29-30(36-37-40(29)28-16-10-5-11-17-28)32(41)39-20-18-38(19-21-39)31(26-12-6-3-7-13-26)27-14-8-4-9-15-27/h3-17,22,31H,18-21,23H2,1-2H3. The second-order valence-corrected chi connectivity index (χ2v) is 11.3. The van der Waals surface area contributed by atoms with Crippen molar-refractivity contribution in [2.45, 2.75) is 30.8 Å². The van der Waals surface area contributed by atoms with Crippen molar-refractivity contribution in [2.24, 2.45) is 0 Å². The molecule has 0 unspecified atom stereocenters. The van der Waals surface area contributed by atoms with E-state index in [2.05, 4.69) is 73.7 Å². The Labute approximate surface area is 250 Å². The smallest absolute Gasteiger partial charge is 0.276 e. The maximum Gasteiger partial charge on any atom is 0.276 e. The molecule has 9 heteroatoms. The summed E-state index contributed by atoms with van der Waals surface area (Å²) in [5, 5.41) is 9.52. The molecular weight excluding hydrogens is 542 g/mol. The third-order valence-corrected chi connectivity index (χ3v) is 8.32. The van der Waals surface area contributed by atoms with Gasteiger partial charge in [0.1, 0.15) is 0 Å². The van der Waals surface area contributed by atoms with Crippen LogP contribution in [0.25, 0.3) is 5.69 Å². The lowest BCUT2D eigenvalue weighted by molar-refractivity contribution is 0.0591. The number of aryl methyl sites for hydroxylation is 2. The highest BCUT2D eigenvalue weighted by Crippen LogP contribution is 2.30. The lowest BCUT2D eigenvalue weighted by Crippen LogP contribution is -2.50. The van der Waals surface area contributed by atoms with Crippen LogP contribution < -0.4 is 0 Å². The van der Waals surface area contributed by atoms with Gasteiger partial charge in [0.05, 0.1) is 17.4 Å². The second-order valence-electron chi connectivity index (χ2n) is 10.4. The van der Waals surface area contributed by atoms with Crippen molar-refractivity contribution in [3.8, 4) is 5.69 Å².